The van der Waals surface area contributed by atoms with Crippen LogP contribution in [0.3, 0.4) is 0 Å². The molecule has 0 fully saturated rings. The van der Waals surface area contributed by atoms with Crippen molar-refractivity contribution in [2.24, 2.45) is 0 Å². The Labute approximate surface area is 83.7 Å². The van der Waals surface area contributed by atoms with Crippen LogP contribution in [-0.2, 0) is 0 Å². The lowest BCUT2D eigenvalue weighted by molar-refractivity contribution is 0.404. The van der Waals surface area contributed by atoms with Crippen molar-refractivity contribution >= 4 is 38.5 Å². The van der Waals surface area contributed by atoms with Crippen LogP contribution in [0.15, 0.2) is 10.5 Å². The van der Waals surface area contributed by atoms with Gasteiger partial charge >= 0.3 is 0 Å². The van der Waals surface area contributed by atoms with Crippen LogP contribution in [0.4, 0.5) is 8.78 Å². The maximum Gasteiger partial charge on any atom is 0.201 e. The van der Waals surface area contributed by atoms with Gasteiger partial charge in [0.1, 0.15) is 0 Å². The SMILES string of the molecule is Oc1cc(I)c(Br)c(F)c1F. The number of aromatic hydroxyl groups is 1. The Morgan fingerprint density at radius 2 is 1.91 bits per heavy atom. The molecule has 11 heavy (non-hydrogen) atoms. The lowest BCUT2D eigenvalue weighted by atomic mass is 10.3. The predicted molar refractivity (Wildman–Crippen MR) is 48.4 cm³/mol. The minimum absolute atomic E-state index is 0.0356. The summed E-state index contributed by atoms with van der Waals surface area (Å²) < 4.78 is 25.6. The van der Waals surface area contributed by atoms with Gasteiger partial charge in [-0.05, 0) is 44.6 Å². The summed E-state index contributed by atoms with van der Waals surface area (Å²) in [6.07, 6.45) is 0. The average Bonchev–Trinajstić information content (AvgIpc) is 1.97. The van der Waals surface area contributed by atoms with E-state index < -0.39 is 17.4 Å². The van der Waals surface area contributed by atoms with Gasteiger partial charge in [0.05, 0.1) is 4.47 Å². The lowest BCUT2D eigenvalue weighted by Crippen LogP contribution is -1.89. The van der Waals surface area contributed by atoms with E-state index in [1.807, 2.05) is 0 Å². The van der Waals surface area contributed by atoms with E-state index >= 15 is 0 Å². The van der Waals surface area contributed by atoms with Crippen LogP contribution in [0.1, 0.15) is 0 Å². The topological polar surface area (TPSA) is 20.2 Å². The molecule has 1 N–H and O–H groups in total. The molecule has 0 aliphatic rings. The van der Waals surface area contributed by atoms with Crippen LogP contribution >= 0.6 is 38.5 Å². The number of halogens is 4. The highest BCUT2D eigenvalue weighted by Crippen LogP contribution is 2.29. The Morgan fingerprint density at radius 3 is 2.45 bits per heavy atom. The summed E-state index contributed by atoms with van der Waals surface area (Å²) in [5.41, 5.74) is 0. The summed E-state index contributed by atoms with van der Waals surface area (Å²) in [6, 6.07) is 1.14. The molecule has 60 valence electrons. The van der Waals surface area contributed by atoms with E-state index in [4.69, 9.17) is 5.11 Å². The van der Waals surface area contributed by atoms with Crippen LogP contribution in [0.5, 0.6) is 5.75 Å². The van der Waals surface area contributed by atoms with Crippen molar-refractivity contribution in [2.75, 3.05) is 0 Å². The van der Waals surface area contributed by atoms with Crippen molar-refractivity contribution in [1.29, 1.82) is 0 Å². The van der Waals surface area contributed by atoms with E-state index in [1.54, 1.807) is 22.6 Å². The van der Waals surface area contributed by atoms with Gasteiger partial charge in [-0.3, -0.25) is 0 Å². The molecule has 0 saturated heterocycles. The van der Waals surface area contributed by atoms with Gasteiger partial charge in [0.25, 0.3) is 0 Å². The third-order valence-corrected chi connectivity index (χ3v) is 3.45. The molecule has 0 spiro atoms. The second kappa shape index (κ2) is 3.22. The van der Waals surface area contributed by atoms with E-state index in [0.717, 1.165) is 6.07 Å². The second-order valence-electron chi connectivity index (χ2n) is 1.82. The summed E-state index contributed by atoms with van der Waals surface area (Å²) in [5.74, 6) is -2.96. The van der Waals surface area contributed by atoms with Gasteiger partial charge in [0, 0.05) is 3.57 Å². The summed E-state index contributed by atoms with van der Waals surface area (Å²) in [6.45, 7) is 0. The predicted octanol–water partition coefficient (Wildman–Crippen LogP) is 3.04. The minimum Gasteiger partial charge on any atom is -0.505 e. The second-order valence-corrected chi connectivity index (χ2v) is 3.77. The normalized spacial score (nSPS) is 10.2. The van der Waals surface area contributed by atoms with Crippen LogP contribution in [0, 0.1) is 15.2 Å². The van der Waals surface area contributed by atoms with Crippen molar-refractivity contribution in [3.63, 3.8) is 0 Å². The van der Waals surface area contributed by atoms with Gasteiger partial charge in [-0.15, -0.1) is 0 Å². The van der Waals surface area contributed by atoms with E-state index in [-0.39, 0.29) is 4.47 Å². The maximum atomic E-state index is 12.7. The molecule has 0 bridgehead atoms. The molecule has 0 heterocycles. The van der Waals surface area contributed by atoms with Crippen LogP contribution < -0.4 is 0 Å². The molecule has 0 atom stereocenters. The van der Waals surface area contributed by atoms with Crippen LogP contribution in [0.25, 0.3) is 0 Å². The molecule has 0 aliphatic heterocycles. The molecular formula is C6H2BrF2IO. The number of hydrogen-bond acceptors (Lipinski definition) is 1. The molecule has 0 unspecified atom stereocenters. The zero-order chi connectivity index (χ0) is 8.59. The highest BCUT2D eigenvalue weighted by Gasteiger charge is 2.14. The summed E-state index contributed by atoms with van der Waals surface area (Å²) in [5, 5.41) is 8.76. The van der Waals surface area contributed by atoms with E-state index in [9.17, 15) is 8.78 Å². The third kappa shape index (κ3) is 1.64. The molecule has 0 aliphatic carbocycles. The van der Waals surface area contributed by atoms with E-state index in [2.05, 4.69) is 15.9 Å². The standard InChI is InChI=1S/C6H2BrF2IO/c7-4-2(10)1-3(11)5(8)6(4)9/h1,11H. The monoisotopic (exact) mass is 334 g/mol. The van der Waals surface area contributed by atoms with Crippen molar-refractivity contribution in [2.45, 2.75) is 0 Å². The van der Waals surface area contributed by atoms with Crippen LogP contribution in [-0.4, -0.2) is 5.11 Å². The van der Waals surface area contributed by atoms with Crippen molar-refractivity contribution in [1.82, 2.24) is 0 Å². The summed E-state index contributed by atoms with van der Waals surface area (Å²) in [4.78, 5) is 0. The van der Waals surface area contributed by atoms with Gasteiger partial charge < -0.3 is 5.11 Å². The number of benzene rings is 1. The van der Waals surface area contributed by atoms with Gasteiger partial charge in [0.2, 0.25) is 5.82 Å². The first-order valence-electron chi connectivity index (χ1n) is 2.56. The molecule has 0 saturated carbocycles. The van der Waals surface area contributed by atoms with Gasteiger partial charge in [0.15, 0.2) is 11.6 Å². The number of hydrogen-bond donors (Lipinski definition) is 1. The van der Waals surface area contributed by atoms with Gasteiger partial charge in [-0.1, -0.05) is 0 Å². The quantitative estimate of drug-likeness (QED) is 0.439. The molecule has 1 nitrogen and oxygen atoms in total. The molecule has 1 rings (SSSR count). The average molecular weight is 335 g/mol. The first-order valence-corrected chi connectivity index (χ1v) is 4.43. The van der Waals surface area contributed by atoms with Crippen molar-refractivity contribution in [3.8, 4) is 5.75 Å². The highest BCUT2D eigenvalue weighted by atomic mass is 127. The fourth-order valence-electron chi connectivity index (χ4n) is 0.560. The number of rotatable bonds is 0. The zero-order valence-electron chi connectivity index (χ0n) is 5.04. The summed E-state index contributed by atoms with van der Waals surface area (Å²) in [7, 11) is 0. The first-order chi connectivity index (χ1) is 5.04. The molecule has 0 radical (unpaired) electrons. The molecular weight excluding hydrogens is 333 g/mol. The first kappa shape index (κ1) is 9.18. The largest absolute Gasteiger partial charge is 0.505 e. The van der Waals surface area contributed by atoms with Crippen molar-refractivity contribution in [3.05, 3.63) is 25.7 Å². The number of phenols is 1. The van der Waals surface area contributed by atoms with E-state index in [1.165, 1.54) is 0 Å². The van der Waals surface area contributed by atoms with E-state index in [0.29, 0.717) is 3.57 Å². The molecule has 5 heteroatoms. The zero-order valence-corrected chi connectivity index (χ0v) is 8.78. The Kier molecular flexibility index (Phi) is 2.69. The smallest absolute Gasteiger partial charge is 0.201 e. The molecule has 0 amide bonds. The lowest BCUT2D eigenvalue weighted by Gasteiger charge is -2.00. The fourth-order valence-corrected chi connectivity index (χ4v) is 1.38. The minimum atomic E-state index is -1.22. The molecule has 0 aromatic heterocycles. The molecule has 1 aromatic carbocycles. The van der Waals surface area contributed by atoms with Gasteiger partial charge in [-0.25, -0.2) is 4.39 Å². The van der Waals surface area contributed by atoms with Crippen molar-refractivity contribution < 1.29 is 13.9 Å². The Hall–Kier alpha value is 0.0900. The fraction of sp³-hybridized carbons (Fsp3) is 0. The Balaban J connectivity index is 3.46. The Morgan fingerprint density at radius 1 is 1.36 bits per heavy atom. The third-order valence-electron chi connectivity index (χ3n) is 1.08. The highest BCUT2D eigenvalue weighted by molar-refractivity contribution is 14.1. The summed E-state index contributed by atoms with van der Waals surface area (Å²) >= 11 is 4.61. The maximum absolute atomic E-state index is 12.7. The molecule has 1 aromatic rings. The van der Waals surface area contributed by atoms with Gasteiger partial charge in [-0.2, -0.15) is 4.39 Å². The number of phenolic OH excluding ortho intramolecular Hbond substituents is 1. The Bertz CT molecular complexity index is 277. The van der Waals surface area contributed by atoms with Crippen LogP contribution in [0.2, 0.25) is 0 Å².